The molecule has 0 radical (unpaired) electrons. The summed E-state index contributed by atoms with van der Waals surface area (Å²) in [5, 5.41) is 14.4. The number of benzene rings is 2. The van der Waals surface area contributed by atoms with Gasteiger partial charge in [0.05, 0.1) is 17.4 Å². The molecule has 0 aliphatic rings. The highest BCUT2D eigenvalue weighted by Crippen LogP contribution is 2.33. The zero-order valence-electron chi connectivity index (χ0n) is 13.6. The van der Waals surface area contributed by atoms with Crippen molar-refractivity contribution in [1.82, 2.24) is 0 Å². The van der Waals surface area contributed by atoms with E-state index in [0.717, 1.165) is 10.6 Å². The molecular formula is C18H22N4O2. The van der Waals surface area contributed by atoms with E-state index in [1.165, 1.54) is 6.08 Å². The zero-order chi connectivity index (χ0) is 17.7. The molecule has 1 amide bonds. The van der Waals surface area contributed by atoms with E-state index in [2.05, 4.69) is 11.9 Å². The van der Waals surface area contributed by atoms with Gasteiger partial charge in [0.2, 0.25) is 5.91 Å². The summed E-state index contributed by atoms with van der Waals surface area (Å²) >= 11 is 0. The fourth-order valence-corrected chi connectivity index (χ4v) is 2.46. The van der Waals surface area contributed by atoms with Crippen LogP contribution >= 0.6 is 0 Å². The van der Waals surface area contributed by atoms with Gasteiger partial charge >= 0.3 is 0 Å². The number of hydrogen-bond donors (Lipinski definition) is 4. The summed E-state index contributed by atoms with van der Waals surface area (Å²) in [4.78, 5) is 11.3. The average Bonchev–Trinajstić information content (AvgIpc) is 2.58. The quantitative estimate of drug-likeness (QED) is 0.370. The molecule has 0 aromatic heterocycles. The number of nitrogens with zero attached hydrogens (tertiary/aromatic N) is 1. The molecule has 6 N–H and O–H groups in total. The minimum atomic E-state index is -0.293. The van der Waals surface area contributed by atoms with E-state index in [-0.39, 0.29) is 11.9 Å². The van der Waals surface area contributed by atoms with Gasteiger partial charge in [-0.2, -0.15) is 0 Å². The second-order valence-electron chi connectivity index (χ2n) is 5.40. The molecule has 0 aliphatic heterocycles. The van der Waals surface area contributed by atoms with Crippen molar-refractivity contribution in [1.29, 1.82) is 0 Å². The van der Waals surface area contributed by atoms with Gasteiger partial charge in [0.25, 0.3) is 0 Å². The Balaban J connectivity index is 2.25. The fourth-order valence-electron chi connectivity index (χ4n) is 2.46. The van der Waals surface area contributed by atoms with Crippen molar-refractivity contribution in [3.63, 3.8) is 0 Å². The lowest BCUT2D eigenvalue weighted by molar-refractivity contribution is -0.111. The first kappa shape index (κ1) is 17.4. The molecular weight excluding hydrogens is 304 g/mol. The van der Waals surface area contributed by atoms with Gasteiger partial charge in [-0.05, 0) is 48.4 Å². The third kappa shape index (κ3) is 3.85. The van der Waals surface area contributed by atoms with Gasteiger partial charge in [-0.25, -0.2) is 5.06 Å². The van der Waals surface area contributed by atoms with Crippen molar-refractivity contribution < 1.29 is 10.0 Å². The van der Waals surface area contributed by atoms with Crippen molar-refractivity contribution in [2.24, 2.45) is 0 Å². The predicted molar refractivity (Wildman–Crippen MR) is 97.8 cm³/mol. The zero-order valence-corrected chi connectivity index (χ0v) is 13.6. The minimum Gasteiger partial charge on any atom is -0.399 e. The molecule has 0 saturated heterocycles. The Morgan fingerprint density at radius 1 is 1.29 bits per heavy atom. The number of anilines is 4. The number of nitrogen functional groups attached to an aromatic ring is 2. The molecule has 2 aromatic carbocycles. The Bertz CT molecular complexity index is 728. The van der Waals surface area contributed by atoms with Crippen molar-refractivity contribution >= 4 is 28.7 Å². The molecule has 1 unspecified atom stereocenters. The summed E-state index contributed by atoms with van der Waals surface area (Å²) < 4.78 is 0. The molecule has 0 fully saturated rings. The van der Waals surface area contributed by atoms with E-state index < -0.39 is 0 Å². The molecule has 0 bridgehead atoms. The predicted octanol–water partition coefficient (Wildman–Crippen LogP) is 3.32. The van der Waals surface area contributed by atoms with Crippen LogP contribution in [0.1, 0.15) is 24.9 Å². The number of carbonyl (C=O) groups is 1. The number of amides is 1. The maximum absolute atomic E-state index is 11.3. The third-order valence-corrected chi connectivity index (χ3v) is 3.73. The second-order valence-corrected chi connectivity index (χ2v) is 5.40. The van der Waals surface area contributed by atoms with Crippen LogP contribution in [0.25, 0.3) is 0 Å². The summed E-state index contributed by atoms with van der Waals surface area (Å²) in [6.07, 6.45) is 1.86. The Labute approximate surface area is 141 Å². The summed E-state index contributed by atoms with van der Waals surface area (Å²) in [7, 11) is 0. The van der Waals surface area contributed by atoms with Gasteiger partial charge in [0.15, 0.2) is 0 Å². The normalized spacial score (nSPS) is 11.6. The van der Waals surface area contributed by atoms with E-state index >= 15 is 0 Å². The Morgan fingerprint density at radius 3 is 2.54 bits per heavy atom. The Hall–Kier alpha value is -2.99. The van der Waals surface area contributed by atoms with Crippen LogP contribution in [0.4, 0.5) is 22.7 Å². The van der Waals surface area contributed by atoms with Gasteiger partial charge in [0, 0.05) is 11.4 Å². The van der Waals surface area contributed by atoms with Crippen LogP contribution in [0.2, 0.25) is 0 Å². The number of hydroxylamine groups is 1. The summed E-state index contributed by atoms with van der Waals surface area (Å²) in [6, 6.07) is 11.9. The number of rotatable bonds is 6. The van der Waals surface area contributed by atoms with Gasteiger partial charge < -0.3 is 16.8 Å². The molecule has 126 valence electrons. The molecule has 6 nitrogen and oxygen atoms in total. The monoisotopic (exact) mass is 326 g/mol. The molecule has 0 heterocycles. The second kappa shape index (κ2) is 7.52. The molecule has 2 rings (SSSR count). The summed E-state index contributed by atoms with van der Waals surface area (Å²) in [5.74, 6) is -0.272. The van der Waals surface area contributed by atoms with Crippen LogP contribution in [0.3, 0.4) is 0 Å². The third-order valence-electron chi connectivity index (χ3n) is 3.73. The van der Waals surface area contributed by atoms with E-state index in [0.29, 0.717) is 29.2 Å². The standard InChI is InChI=1S/C18H22N4O2/c1-3-16(22(24)17-11-13(19)7-10-15(17)20)12-5-8-14(9-6-12)21-18(23)4-2/h4-11,16,24H,2-3,19-20H2,1H3,(H,21,23). The molecule has 6 heteroatoms. The van der Waals surface area contributed by atoms with Crippen molar-refractivity contribution in [3.05, 3.63) is 60.7 Å². The lowest BCUT2D eigenvalue weighted by atomic mass is 10.0. The summed E-state index contributed by atoms with van der Waals surface area (Å²) in [6.45, 7) is 5.38. The van der Waals surface area contributed by atoms with Gasteiger partial charge in [-0.1, -0.05) is 25.6 Å². The molecule has 0 saturated carbocycles. The minimum absolute atomic E-state index is 0.272. The van der Waals surface area contributed by atoms with Crippen molar-refractivity contribution in [3.8, 4) is 0 Å². The maximum Gasteiger partial charge on any atom is 0.247 e. The van der Waals surface area contributed by atoms with Gasteiger partial charge in [-0.3, -0.25) is 10.0 Å². The molecule has 24 heavy (non-hydrogen) atoms. The van der Waals surface area contributed by atoms with E-state index in [1.54, 1.807) is 30.3 Å². The van der Waals surface area contributed by atoms with Crippen LogP contribution < -0.4 is 21.8 Å². The average molecular weight is 326 g/mol. The first-order valence-electron chi connectivity index (χ1n) is 7.62. The lowest BCUT2D eigenvalue weighted by Crippen LogP contribution is -2.25. The molecule has 2 aromatic rings. The Kier molecular flexibility index (Phi) is 5.44. The fraction of sp³-hybridized carbons (Fsp3) is 0.167. The summed E-state index contributed by atoms with van der Waals surface area (Å²) in [5.41, 5.74) is 14.7. The van der Waals surface area contributed by atoms with Crippen LogP contribution in [-0.2, 0) is 4.79 Å². The molecule has 1 atom stereocenters. The number of nitrogens with two attached hydrogens (primary N) is 2. The van der Waals surface area contributed by atoms with Crippen molar-refractivity contribution in [2.45, 2.75) is 19.4 Å². The highest BCUT2D eigenvalue weighted by molar-refractivity contribution is 5.98. The number of nitrogens with one attached hydrogen (secondary N) is 1. The van der Waals surface area contributed by atoms with E-state index in [1.807, 2.05) is 19.1 Å². The van der Waals surface area contributed by atoms with E-state index in [4.69, 9.17) is 11.5 Å². The highest BCUT2D eigenvalue weighted by atomic mass is 16.5. The van der Waals surface area contributed by atoms with Crippen LogP contribution in [0.15, 0.2) is 55.1 Å². The van der Waals surface area contributed by atoms with Crippen molar-refractivity contribution in [2.75, 3.05) is 21.8 Å². The number of carbonyl (C=O) groups excluding carboxylic acids is 1. The molecule has 0 spiro atoms. The van der Waals surface area contributed by atoms with E-state index in [9.17, 15) is 10.0 Å². The molecule has 0 aliphatic carbocycles. The van der Waals surface area contributed by atoms with Crippen LogP contribution in [0.5, 0.6) is 0 Å². The van der Waals surface area contributed by atoms with Gasteiger partial charge in [0.1, 0.15) is 0 Å². The Morgan fingerprint density at radius 2 is 1.96 bits per heavy atom. The topological polar surface area (TPSA) is 105 Å². The first-order chi connectivity index (χ1) is 11.5. The van der Waals surface area contributed by atoms with Gasteiger partial charge in [-0.15, -0.1) is 0 Å². The largest absolute Gasteiger partial charge is 0.399 e. The first-order valence-corrected chi connectivity index (χ1v) is 7.62. The van der Waals surface area contributed by atoms with Crippen LogP contribution in [0, 0.1) is 0 Å². The maximum atomic E-state index is 11.3. The highest BCUT2D eigenvalue weighted by Gasteiger charge is 2.20. The van der Waals surface area contributed by atoms with Crippen LogP contribution in [-0.4, -0.2) is 11.1 Å². The smallest absolute Gasteiger partial charge is 0.247 e. The number of hydrogen-bond acceptors (Lipinski definition) is 5. The lowest BCUT2D eigenvalue weighted by Gasteiger charge is -2.28. The SMILES string of the molecule is C=CC(=O)Nc1ccc(C(CC)N(O)c2cc(N)ccc2N)cc1.